The smallest absolute Gasteiger partial charge is 0.282 e. The van der Waals surface area contributed by atoms with Gasteiger partial charge in [0.1, 0.15) is 11.3 Å². The van der Waals surface area contributed by atoms with Crippen LogP contribution in [0.4, 0.5) is 5.69 Å². The summed E-state index contributed by atoms with van der Waals surface area (Å²) in [5.41, 5.74) is 0.961. The highest BCUT2D eigenvalue weighted by Gasteiger charge is 2.29. The highest BCUT2D eigenvalue weighted by molar-refractivity contribution is 5.98. The quantitative estimate of drug-likeness (QED) is 0.516. The Morgan fingerprint density at radius 2 is 1.70 bits per heavy atom. The molecule has 2 aromatic rings. The fraction of sp³-hybridized carbons (Fsp3) is 0.364. The molecular weight excluding hydrogens is 386 g/mol. The van der Waals surface area contributed by atoms with E-state index in [-0.39, 0.29) is 17.2 Å². The van der Waals surface area contributed by atoms with Crippen LogP contribution in [0.2, 0.25) is 0 Å². The summed E-state index contributed by atoms with van der Waals surface area (Å²) < 4.78 is 5.10. The lowest BCUT2D eigenvalue weighted by atomic mass is 10.1. The molecule has 0 atom stereocenters. The number of nitrogens with zero attached hydrogens (tertiary/aromatic N) is 3. The van der Waals surface area contributed by atoms with Gasteiger partial charge in [-0.25, -0.2) is 0 Å². The van der Waals surface area contributed by atoms with Crippen molar-refractivity contribution in [2.24, 2.45) is 0 Å². The molecule has 2 aromatic carbocycles. The topological polar surface area (TPSA) is 93.0 Å². The maximum atomic E-state index is 12.9. The van der Waals surface area contributed by atoms with E-state index in [2.05, 4.69) is 0 Å². The number of ether oxygens (including phenoxy) is 1. The number of carbonyl (C=O) groups is 2. The molecule has 1 heterocycles. The first-order valence-electron chi connectivity index (χ1n) is 9.93. The first-order chi connectivity index (χ1) is 14.5. The van der Waals surface area contributed by atoms with Gasteiger partial charge in [0.2, 0.25) is 5.91 Å². The van der Waals surface area contributed by atoms with E-state index in [0.717, 1.165) is 12.8 Å². The van der Waals surface area contributed by atoms with Gasteiger partial charge in [-0.2, -0.15) is 0 Å². The maximum Gasteiger partial charge on any atom is 0.282 e. The van der Waals surface area contributed by atoms with E-state index in [4.69, 9.17) is 4.74 Å². The predicted molar refractivity (Wildman–Crippen MR) is 112 cm³/mol. The summed E-state index contributed by atoms with van der Waals surface area (Å²) in [5, 5.41) is 11.3. The number of amides is 2. The number of benzene rings is 2. The van der Waals surface area contributed by atoms with Crippen LogP contribution in [0.3, 0.4) is 0 Å². The zero-order valence-corrected chi connectivity index (χ0v) is 17.0. The third-order valence-electron chi connectivity index (χ3n) is 5.25. The Morgan fingerprint density at radius 1 is 1.03 bits per heavy atom. The molecule has 8 heteroatoms. The van der Waals surface area contributed by atoms with Crippen molar-refractivity contribution in [3.8, 4) is 5.75 Å². The summed E-state index contributed by atoms with van der Waals surface area (Å²) in [5.74, 6) is 0.0401. The number of carbonyl (C=O) groups excluding carboxylic acids is 2. The Hall–Kier alpha value is -3.42. The Kier molecular flexibility index (Phi) is 7.00. The van der Waals surface area contributed by atoms with Crippen molar-refractivity contribution >= 4 is 17.5 Å². The molecule has 0 radical (unpaired) electrons. The lowest BCUT2D eigenvalue weighted by molar-refractivity contribution is -0.385. The van der Waals surface area contributed by atoms with E-state index in [1.54, 1.807) is 9.80 Å². The number of aryl methyl sites for hydroxylation is 1. The lowest BCUT2D eigenvalue weighted by Gasteiger charge is -2.34. The first-order valence-corrected chi connectivity index (χ1v) is 9.93. The minimum atomic E-state index is -0.570. The highest BCUT2D eigenvalue weighted by atomic mass is 16.6. The van der Waals surface area contributed by atoms with Gasteiger partial charge in [0.15, 0.2) is 0 Å². The summed E-state index contributed by atoms with van der Waals surface area (Å²) >= 11 is 0. The number of methoxy groups -OCH3 is 1. The van der Waals surface area contributed by atoms with Crippen molar-refractivity contribution in [1.82, 2.24) is 9.80 Å². The number of hydrogen-bond donors (Lipinski definition) is 0. The highest BCUT2D eigenvalue weighted by Crippen LogP contribution is 2.26. The Balaban J connectivity index is 1.54. The Bertz CT molecular complexity index is 908. The molecule has 1 fully saturated rings. The molecular formula is C22H25N3O5. The predicted octanol–water partition coefficient (Wildman–Crippen LogP) is 2.91. The summed E-state index contributed by atoms with van der Waals surface area (Å²) in [7, 11) is 1.44. The minimum Gasteiger partial charge on any atom is -0.497 e. The average Bonchev–Trinajstić information content (AvgIpc) is 2.78. The van der Waals surface area contributed by atoms with E-state index >= 15 is 0 Å². The molecule has 1 saturated heterocycles. The fourth-order valence-corrected chi connectivity index (χ4v) is 3.55. The van der Waals surface area contributed by atoms with Crippen molar-refractivity contribution in [2.75, 3.05) is 33.3 Å². The second-order valence-corrected chi connectivity index (χ2v) is 7.15. The average molecular weight is 411 g/mol. The number of nitro benzene ring substituents is 1. The van der Waals surface area contributed by atoms with Gasteiger partial charge in [0.25, 0.3) is 11.6 Å². The molecule has 0 bridgehead atoms. The van der Waals surface area contributed by atoms with Crippen LogP contribution in [0.1, 0.15) is 28.8 Å². The molecule has 0 spiro atoms. The SMILES string of the molecule is COc1ccc([N+](=O)[O-])c(C(=O)N2CCN(C(=O)CCCc3ccccc3)CC2)c1. The molecule has 8 nitrogen and oxygen atoms in total. The number of piperazine rings is 1. The van der Waals surface area contributed by atoms with E-state index < -0.39 is 10.8 Å². The molecule has 2 amide bonds. The van der Waals surface area contributed by atoms with E-state index in [1.165, 1.54) is 30.9 Å². The van der Waals surface area contributed by atoms with Crippen LogP contribution in [0.5, 0.6) is 5.75 Å². The molecule has 3 rings (SSSR count). The van der Waals surface area contributed by atoms with Crippen LogP contribution in [0.25, 0.3) is 0 Å². The van der Waals surface area contributed by atoms with Gasteiger partial charge in [0.05, 0.1) is 12.0 Å². The van der Waals surface area contributed by atoms with E-state index in [0.29, 0.717) is 38.3 Å². The van der Waals surface area contributed by atoms with Crippen LogP contribution in [-0.4, -0.2) is 59.8 Å². The van der Waals surface area contributed by atoms with Crippen molar-refractivity contribution in [3.63, 3.8) is 0 Å². The maximum absolute atomic E-state index is 12.9. The fourth-order valence-electron chi connectivity index (χ4n) is 3.55. The van der Waals surface area contributed by atoms with Crippen LogP contribution in [-0.2, 0) is 11.2 Å². The van der Waals surface area contributed by atoms with Crippen LogP contribution >= 0.6 is 0 Å². The van der Waals surface area contributed by atoms with Crippen LogP contribution in [0.15, 0.2) is 48.5 Å². The number of nitro groups is 1. The second kappa shape index (κ2) is 9.87. The molecule has 1 aliphatic rings. The van der Waals surface area contributed by atoms with Crippen LogP contribution < -0.4 is 4.74 Å². The number of rotatable bonds is 7. The lowest BCUT2D eigenvalue weighted by Crippen LogP contribution is -2.50. The van der Waals surface area contributed by atoms with Gasteiger partial charge < -0.3 is 14.5 Å². The third kappa shape index (κ3) is 5.14. The van der Waals surface area contributed by atoms with E-state index in [9.17, 15) is 19.7 Å². The molecule has 0 unspecified atom stereocenters. The van der Waals surface area contributed by atoms with Crippen molar-refractivity contribution in [1.29, 1.82) is 0 Å². The summed E-state index contributed by atoms with van der Waals surface area (Å²) in [6.45, 7) is 1.54. The van der Waals surface area contributed by atoms with Gasteiger partial charge in [-0.05, 0) is 30.5 Å². The second-order valence-electron chi connectivity index (χ2n) is 7.15. The first kappa shape index (κ1) is 21.3. The van der Waals surface area contributed by atoms with Gasteiger partial charge >= 0.3 is 0 Å². The van der Waals surface area contributed by atoms with Gasteiger partial charge in [0, 0.05) is 38.7 Å². The minimum absolute atomic E-state index is 0.00184. The van der Waals surface area contributed by atoms with Crippen LogP contribution in [0, 0.1) is 10.1 Å². The third-order valence-corrected chi connectivity index (χ3v) is 5.25. The molecule has 1 aliphatic heterocycles. The largest absolute Gasteiger partial charge is 0.497 e. The normalized spacial score (nSPS) is 13.8. The Labute approximate surface area is 175 Å². The summed E-state index contributed by atoms with van der Waals surface area (Å²) in [6, 6.07) is 14.2. The van der Waals surface area contributed by atoms with E-state index in [1.807, 2.05) is 30.3 Å². The molecule has 158 valence electrons. The number of hydrogen-bond acceptors (Lipinski definition) is 5. The zero-order valence-electron chi connectivity index (χ0n) is 17.0. The molecule has 0 N–H and O–H groups in total. The Morgan fingerprint density at radius 3 is 2.33 bits per heavy atom. The van der Waals surface area contributed by atoms with Crippen molar-refractivity contribution < 1.29 is 19.2 Å². The molecule has 0 aromatic heterocycles. The van der Waals surface area contributed by atoms with Gasteiger partial charge in [-0.3, -0.25) is 19.7 Å². The summed E-state index contributed by atoms with van der Waals surface area (Å²) in [4.78, 5) is 39.4. The monoisotopic (exact) mass is 411 g/mol. The standard InChI is InChI=1S/C22H25N3O5/c1-30-18-10-11-20(25(28)29)19(16-18)22(27)24-14-12-23(13-15-24)21(26)9-5-8-17-6-3-2-4-7-17/h2-4,6-7,10-11,16H,5,8-9,12-15H2,1H3. The van der Waals surface area contributed by atoms with Crippen molar-refractivity contribution in [2.45, 2.75) is 19.3 Å². The van der Waals surface area contributed by atoms with Gasteiger partial charge in [-0.1, -0.05) is 30.3 Å². The van der Waals surface area contributed by atoms with Crippen molar-refractivity contribution in [3.05, 3.63) is 69.8 Å². The molecule has 0 aliphatic carbocycles. The van der Waals surface area contributed by atoms with Gasteiger partial charge in [-0.15, -0.1) is 0 Å². The summed E-state index contributed by atoms with van der Waals surface area (Å²) in [6.07, 6.45) is 2.09. The zero-order chi connectivity index (χ0) is 21.5. The molecule has 0 saturated carbocycles. The molecule has 30 heavy (non-hydrogen) atoms.